The number of methoxy groups -OCH3 is 1. The first-order chi connectivity index (χ1) is 13.7. The number of aromatic nitrogens is 2. The standard InChI is InChI=1S/C21H21ClN4O2/c1-27-18-8-7-16(13-17(18)22)23-19-14-20(26-9-11-28-12-10-26)25-21(24-19)15-5-3-2-4-6-15/h2-8,13-14H,9-12H2,1H3,(H,23,24,25). The van der Waals surface area contributed by atoms with Gasteiger partial charge in [-0.1, -0.05) is 41.9 Å². The number of anilines is 3. The SMILES string of the molecule is COc1ccc(Nc2cc(N3CCOCC3)nc(-c3ccccc3)n2)cc1Cl. The highest BCUT2D eigenvalue weighted by Crippen LogP contribution is 2.30. The Morgan fingerprint density at radius 2 is 1.82 bits per heavy atom. The molecule has 1 fully saturated rings. The maximum absolute atomic E-state index is 6.26. The fourth-order valence-corrected chi connectivity index (χ4v) is 3.32. The molecule has 2 aromatic carbocycles. The van der Waals surface area contributed by atoms with E-state index in [1.807, 2.05) is 54.6 Å². The minimum absolute atomic E-state index is 0.540. The lowest BCUT2D eigenvalue weighted by Gasteiger charge is -2.28. The molecule has 0 bridgehead atoms. The second-order valence-electron chi connectivity index (χ2n) is 6.37. The third-order valence-corrected chi connectivity index (χ3v) is 4.80. The summed E-state index contributed by atoms with van der Waals surface area (Å²) in [5.41, 5.74) is 1.80. The molecule has 28 heavy (non-hydrogen) atoms. The van der Waals surface area contributed by atoms with E-state index in [2.05, 4.69) is 10.2 Å². The maximum Gasteiger partial charge on any atom is 0.163 e. The molecule has 0 spiro atoms. The van der Waals surface area contributed by atoms with E-state index in [0.29, 0.717) is 35.6 Å². The van der Waals surface area contributed by atoms with Crippen LogP contribution >= 0.6 is 11.6 Å². The van der Waals surface area contributed by atoms with Crippen molar-refractivity contribution in [2.45, 2.75) is 0 Å². The summed E-state index contributed by atoms with van der Waals surface area (Å²) in [6.07, 6.45) is 0. The van der Waals surface area contributed by atoms with Crippen LogP contribution in [0.5, 0.6) is 5.75 Å². The fourth-order valence-electron chi connectivity index (χ4n) is 3.06. The number of morpholine rings is 1. The van der Waals surface area contributed by atoms with Crippen molar-refractivity contribution in [1.29, 1.82) is 0 Å². The fraction of sp³-hybridized carbons (Fsp3) is 0.238. The maximum atomic E-state index is 6.26. The minimum atomic E-state index is 0.540. The van der Waals surface area contributed by atoms with Crippen LogP contribution in [0.25, 0.3) is 11.4 Å². The molecule has 0 radical (unpaired) electrons. The molecule has 0 unspecified atom stereocenters. The Balaban J connectivity index is 1.70. The van der Waals surface area contributed by atoms with Crippen molar-refractivity contribution in [2.75, 3.05) is 43.6 Å². The van der Waals surface area contributed by atoms with Crippen molar-refractivity contribution in [3.05, 3.63) is 59.6 Å². The van der Waals surface area contributed by atoms with Crippen molar-refractivity contribution in [3.8, 4) is 17.1 Å². The van der Waals surface area contributed by atoms with Gasteiger partial charge in [0, 0.05) is 30.4 Å². The van der Waals surface area contributed by atoms with Crippen LogP contribution in [0.3, 0.4) is 0 Å². The molecule has 0 atom stereocenters. The van der Waals surface area contributed by atoms with E-state index < -0.39 is 0 Å². The van der Waals surface area contributed by atoms with E-state index in [9.17, 15) is 0 Å². The lowest BCUT2D eigenvalue weighted by molar-refractivity contribution is 0.122. The zero-order valence-electron chi connectivity index (χ0n) is 15.6. The van der Waals surface area contributed by atoms with Crippen LogP contribution in [-0.2, 0) is 4.74 Å². The van der Waals surface area contributed by atoms with E-state index in [-0.39, 0.29) is 0 Å². The highest BCUT2D eigenvalue weighted by atomic mass is 35.5. The molecule has 1 saturated heterocycles. The molecule has 1 aromatic heterocycles. The van der Waals surface area contributed by atoms with E-state index >= 15 is 0 Å². The number of ether oxygens (including phenoxy) is 2. The molecule has 0 saturated carbocycles. The van der Waals surface area contributed by atoms with Gasteiger partial charge in [-0.2, -0.15) is 0 Å². The smallest absolute Gasteiger partial charge is 0.163 e. The van der Waals surface area contributed by atoms with E-state index in [4.69, 9.17) is 31.0 Å². The van der Waals surface area contributed by atoms with Crippen molar-refractivity contribution in [1.82, 2.24) is 9.97 Å². The summed E-state index contributed by atoms with van der Waals surface area (Å²) < 4.78 is 10.7. The third kappa shape index (κ3) is 4.18. The van der Waals surface area contributed by atoms with Crippen LogP contribution in [-0.4, -0.2) is 43.4 Å². The van der Waals surface area contributed by atoms with Gasteiger partial charge >= 0.3 is 0 Å². The van der Waals surface area contributed by atoms with Gasteiger partial charge in [0.15, 0.2) is 5.82 Å². The van der Waals surface area contributed by atoms with Gasteiger partial charge in [-0.05, 0) is 18.2 Å². The quantitative estimate of drug-likeness (QED) is 0.690. The highest BCUT2D eigenvalue weighted by molar-refractivity contribution is 6.32. The number of benzene rings is 2. The lowest BCUT2D eigenvalue weighted by Crippen LogP contribution is -2.36. The van der Waals surface area contributed by atoms with E-state index in [0.717, 1.165) is 30.2 Å². The van der Waals surface area contributed by atoms with Gasteiger partial charge in [0.05, 0.1) is 25.3 Å². The average Bonchev–Trinajstić information content (AvgIpc) is 2.75. The molecule has 1 N–H and O–H groups in total. The first-order valence-electron chi connectivity index (χ1n) is 9.11. The third-order valence-electron chi connectivity index (χ3n) is 4.50. The molecule has 3 aromatic rings. The van der Waals surface area contributed by atoms with Gasteiger partial charge in [-0.3, -0.25) is 0 Å². The van der Waals surface area contributed by atoms with Crippen LogP contribution in [0.2, 0.25) is 5.02 Å². The van der Waals surface area contributed by atoms with E-state index in [1.165, 1.54) is 0 Å². The van der Waals surface area contributed by atoms with Gasteiger partial charge in [0.1, 0.15) is 17.4 Å². The van der Waals surface area contributed by atoms with Crippen LogP contribution in [0.4, 0.5) is 17.3 Å². The molecule has 144 valence electrons. The van der Waals surface area contributed by atoms with Gasteiger partial charge < -0.3 is 19.7 Å². The van der Waals surface area contributed by atoms with Crippen molar-refractivity contribution >= 4 is 28.9 Å². The molecule has 0 amide bonds. The normalized spacial score (nSPS) is 14.0. The summed E-state index contributed by atoms with van der Waals surface area (Å²) in [5.74, 6) is 2.89. The molecule has 1 aliphatic heterocycles. The van der Waals surface area contributed by atoms with E-state index in [1.54, 1.807) is 7.11 Å². The van der Waals surface area contributed by atoms with Crippen LogP contribution in [0.15, 0.2) is 54.6 Å². The monoisotopic (exact) mass is 396 g/mol. The largest absolute Gasteiger partial charge is 0.495 e. The Morgan fingerprint density at radius 1 is 1.04 bits per heavy atom. The summed E-state index contributed by atoms with van der Waals surface area (Å²) in [6.45, 7) is 3.00. The number of halogens is 1. The zero-order chi connectivity index (χ0) is 19.3. The Morgan fingerprint density at radius 3 is 2.54 bits per heavy atom. The number of hydrogen-bond acceptors (Lipinski definition) is 6. The zero-order valence-corrected chi connectivity index (χ0v) is 16.3. The number of nitrogens with zero attached hydrogens (tertiary/aromatic N) is 3. The molecule has 4 rings (SSSR count). The van der Waals surface area contributed by atoms with Crippen LogP contribution < -0.4 is 15.0 Å². The number of hydrogen-bond donors (Lipinski definition) is 1. The van der Waals surface area contributed by atoms with Crippen molar-refractivity contribution < 1.29 is 9.47 Å². The van der Waals surface area contributed by atoms with Gasteiger partial charge in [-0.25, -0.2) is 9.97 Å². The molecular formula is C21H21ClN4O2. The molecule has 1 aliphatic rings. The second-order valence-corrected chi connectivity index (χ2v) is 6.78. The predicted molar refractivity (Wildman–Crippen MR) is 112 cm³/mol. The van der Waals surface area contributed by atoms with Gasteiger partial charge in [-0.15, -0.1) is 0 Å². The molecular weight excluding hydrogens is 376 g/mol. The Labute approximate surface area is 169 Å². The minimum Gasteiger partial charge on any atom is -0.495 e. The number of rotatable bonds is 5. The lowest BCUT2D eigenvalue weighted by atomic mass is 10.2. The van der Waals surface area contributed by atoms with Crippen molar-refractivity contribution in [2.24, 2.45) is 0 Å². The predicted octanol–water partition coefficient (Wildman–Crippen LogP) is 4.39. The molecule has 6 nitrogen and oxygen atoms in total. The second kappa shape index (κ2) is 8.46. The van der Waals surface area contributed by atoms with Gasteiger partial charge in [0.25, 0.3) is 0 Å². The first-order valence-corrected chi connectivity index (χ1v) is 9.48. The first kappa shape index (κ1) is 18.5. The number of nitrogens with one attached hydrogen (secondary N) is 1. The summed E-state index contributed by atoms with van der Waals surface area (Å²) >= 11 is 6.26. The summed E-state index contributed by atoms with van der Waals surface area (Å²) in [7, 11) is 1.60. The Bertz CT molecular complexity index is 946. The molecule has 2 heterocycles. The van der Waals surface area contributed by atoms with Gasteiger partial charge in [0.2, 0.25) is 0 Å². The highest BCUT2D eigenvalue weighted by Gasteiger charge is 2.16. The summed E-state index contributed by atoms with van der Waals surface area (Å²) in [6, 6.07) is 17.5. The Hall–Kier alpha value is -2.83. The van der Waals surface area contributed by atoms with Crippen LogP contribution in [0.1, 0.15) is 0 Å². The van der Waals surface area contributed by atoms with Crippen molar-refractivity contribution in [3.63, 3.8) is 0 Å². The Kier molecular flexibility index (Phi) is 5.60. The summed E-state index contributed by atoms with van der Waals surface area (Å²) in [5, 5.41) is 3.88. The van der Waals surface area contributed by atoms with Crippen LogP contribution in [0, 0.1) is 0 Å². The topological polar surface area (TPSA) is 59.5 Å². The summed E-state index contributed by atoms with van der Waals surface area (Å²) in [4.78, 5) is 11.7. The average molecular weight is 397 g/mol. The molecule has 7 heteroatoms. The molecule has 0 aliphatic carbocycles.